The quantitative estimate of drug-likeness (QED) is 0.788. The summed E-state index contributed by atoms with van der Waals surface area (Å²) < 4.78 is 11.0. The van der Waals surface area contributed by atoms with E-state index in [0.29, 0.717) is 23.7 Å². The van der Waals surface area contributed by atoms with Gasteiger partial charge in [-0.1, -0.05) is 12.2 Å². The number of carbonyl (C=O) groups is 1. The van der Waals surface area contributed by atoms with Gasteiger partial charge >= 0.3 is 0 Å². The van der Waals surface area contributed by atoms with Crippen molar-refractivity contribution in [3.05, 3.63) is 35.4 Å². The maximum atomic E-state index is 12.9. The van der Waals surface area contributed by atoms with E-state index in [1.54, 1.807) is 14.2 Å². The number of benzene rings is 1. The number of fused-ring (bicyclic) bond motifs is 9. The molecule has 4 aliphatic rings. The maximum absolute atomic E-state index is 12.9. The molecule has 0 spiro atoms. The number of allylic oxidation sites excluding steroid dienone is 2. The zero-order chi connectivity index (χ0) is 15.7. The van der Waals surface area contributed by atoms with Gasteiger partial charge in [0.15, 0.2) is 11.5 Å². The van der Waals surface area contributed by atoms with Gasteiger partial charge in [0.05, 0.1) is 26.2 Å². The van der Waals surface area contributed by atoms with Crippen LogP contribution in [0.25, 0.3) is 0 Å². The van der Waals surface area contributed by atoms with Gasteiger partial charge in [0.2, 0.25) is 5.91 Å². The molecule has 1 saturated heterocycles. The van der Waals surface area contributed by atoms with Crippen LogP contribution in [0.15, 0.2) is 24.3 Å². The lowest BCUT2D eigenvalue weighted by Gasteiger charge is -2.36. The lowest BCUT2D eigenvalue weighted by atomic mass is 9.77. The van der Waals surface area contributed by atoms with Crippen LogP contribution in [0, 0.1) is 23.7 Å². The summed E-state index contributed by atoms with van der Waals surface area (Å²) in [6.45, 7) is 0.832. The van der Waals surface area contributed by atoms with E-state index in [1.807, 2.05) is 0 Å². The average molecular weight is 311 g/mol. The summed E-state index contributed by atoms with van der Waals surface area (Å²) in [5.74, 6) is 3.59. The normalized spacial score (nSPS) is 36.0. The fourth-order valence-electron chi connectivity index (χ4n) is 5.47. The number of hydrogen-bond donors (Lipinski definition) is 0. The molecule has 0 radical (unpaired) electrons. The average Bonchev–Trinajstić information content (AvgIpc) is 3.26. The van der Waals surface area contributed by atoms with Gasteiger partial charge in [-0.15, -0.1) is 0 Å². The minimum atomic E-state index is 0.203. The highest BCUT2D eigenvalue weighted by molar-refractivity contribution is 5.84. The van der Waals surface area contributed by atoms with Gasteiger partial charge in [0, 0.05) is 12.5 Å². The summed E-state index contributed by atoms with van der Waals surface area (Å²) in [5.41, 5.74) is 2.58. The zero-order valence-electron chi connectivity index (χ0n) is 13.5. The molecule has 4 nitrogen and oxygen atoms in total. The third-order valence-electron chi connectivity index (χ3n) is 6.37. The zero-order valence-corrected chi connectivity index (χ0v) is 13.5. The largest absolute Gasteiger partial charge is 0.493 e. The first-order valence-corrected chi connectivity index (χ1v) is 8.46. The van der Waals surface area contributed by atoms with Crippen molar-refractivity contribution >= 4 is 5.91 Å². The van der Waals surface area contributed by atoms with Crippen LogP contribution in [-0.4, -0.2) is 31.6 Å². The summed E-state index contributed by atoms with van der Waals surface area (Å²) in [6.07, 6.45) is 6.68. The van der Waals surface area contributed by atoms with E-state index < -0.39 is 0 Å². The van der Waals surface area contributed by atoms with Crippen molar-refractivity contribution in [2.75, 3.05) is 20.8 Å². The molecule has 5 atom stereocenters. The molecular weight excluding hydrogens is 290 g/mol. The van der Waals surface area contributed by atoms with Crippen molar-refractivity contribution < 1.29 is 14.3 Å². The molecule has 2 bridgehead atoms. The molecule has 0 unspecified atom stereocenters. The van der Waals surface area contributed by atoms with Gasteiger partial charge in [-0.25, -0.2) is 0 Å². The number of amides is 1. The molecule has 1 saturated carbocycles. The van der Waals surface area contributed by atoms with Crippen molar-refractivity contribution in [1.82, 2.24) is 4.90 Å². The lowest BCUT2D eigenvalue weighted by Crippen LogP contribution is -2.37. The molecule has 0 N–H and O–H groups in total. The second-order valence-electron chi connectivity index (χ2n) is 7.18. The fourth-order valence-corrected chi connectivity index (χ4v) is 5.47. The van der Waals surface area contributed by atoms with Gasteiger partial charge in [-0.05, 0) is 47.9 Å². The number of methoxy groups -OCH3 is 2. The molecule has 2 fully saturated rings. The standard InChI is InChI=1S/C19H21NO3/c1-22-14-8-10-5-6-20-18(13(10)9-15(14)23-2)16-11-3-4-12(7-11)17(16)19(20)21/h3-4,8-9,11-12,16-18H,5-7H2,1-2H3/t11-,12+,16-,17+,18-/m1/s1. The Labute approximate surface area is 136 Å². The molecule has 4 heteroatoms. The van der Waals surface area contributed by atoms with Crippen LogP contribution in [0.2, 0.25) is 0 Å². The third-order valence-corrected chi connectivity index (χ3v) is 6.37. The van der Waals surface area contributed by atoms with E-state index in [-0.39, 0.29) is 12.0 Å². The van der Waals surface area contributed by atoms with Crippen LogP contribution in [0.4, 0.5) is 0 Å². The van der Waals surface area contributed by atoms with Crippen LogP contribution in [-0.2, 0) is 11.2 Å². The molecule has 5 rings (SSSR count). The number of ether oxygens (including phenoxy) is 2. The minimum Gasteiger partial charge on any atom is -0.493 e. The Hall–Kier alpha value is -1.97. The number of hydrogen-bond acceptors (Lipinski definition) is 3. The molecule has 1 aromatic carbocycles. The predicted octanol–water partition coefficient (Wildman–Crippen LogP) is 2.58. The highest BCUT2D eigenvalue weighted by Crippen LogP contribution is 2.60. The van der Waals surface area contributed by atoms with E-state index in [2.05, 4.69) is 29.2 Å². The summed E-state index contributed by atoms with van der Waals surface area (Å²) >= 11 is 0. The first kappa shape index (κ1) is 13.5. The summed E-state index contributed by atoms with van der Waals surface area (Å²) in [6, 6.07) is 4.43. The molecule has 2 heterocycles. The predicted molar refractivity (Wildman–Crippen MR) is 85.4 cm³/mol. The highest BCUT2D eigenvalue weighted by atomic mass is 16.5. The van der Waals surface area contributed by atoms with Crippen LogP contribution in [0.5, 0.6) is 11.5 Å². The number of carbonyl (C=O) groups excluding carboxylic acids is 1. The van der Waals surface area contributed by atoms with Crippen LogP contribution >= 0.6 is 0 Å². The molecule has 1 aromatic rings. The van der Waals surface area contributed by atoms with Gasteiger partial charge in [-0.3, -0.25) is 4.79 Å². The summed E-state index contributed by atoms with van der Waals surface area (Å²) in [7, 11) is 3.35. The Kier molecular flexibility index (Phi) is 2.65. The van der Waals surface area contributed by atoms with Crippen molar-refractivity contribution in [2.45, 2.75) is 18.9 Å². The second-order valence-corrected chi connectivity index (χ2v) is 7.18. The molecule has 1 amide bonds. The van der Waals surface area contributed by atoms with E-state index in [1.165, 1.54) is 11.1 Å². The Balaban J connectivity index is 1.65. The molecule has 23 heavy (non-hydrogen) atoms. The fraction of sp³-hybridized carbons (Fsp3) is 0.526. The van der Waals surface area contributed by atoms with Crippen LogP contribution in [0.3, 0.4) is 0 Å². The molecule has 0 aromatic heterocycles. The minimum absolute atomic E-state index is 0.203. The van der Waals surface area contributed by atoms with E-state index >= 15 is 0 Å². The highest BCUT2D eigenvalue weighted by Gasteiger charge is 2.60. The molecular formula is C19H21NO3. The summed E-state index contributed by atoms with van der Waals surface area (Å²) in [5, 5.41) is 0. The molecule has 2 aliphatic carbocycles. The topological polar surface area (TPSA) is 38.8 Å². The van der Waals surface area contributed by atoms with Crippen molar-refractivity contribution in [1.29, 1.82) is 0 Å². The number of rotatable bonds is 2. The Morgan fingerprint density at radius 1 is 1.09 bits per heavy atom. The maximum Gasteiger partial charge on any atom is 0.227 e. The Morgan fingerprint density at radius 2 is 1.83 bits per heavy atom. The smallest absolute Gasteiger partial charge is 0.227 e. The van der Waals surface area contributed by atoms with E-state index in [4.69, 9.17) is 9.47 Å². The van der Waals surface area contributed by atoms with E-state index in [9.17, 15) is 4.79 Å². The molecule has 120 valence electrons. The van der Waals surface area contributed by atoms with Crippen LogP contribution in [0.1, 0.15) is 23.6 Å². The van der Waals surface area contributed by atoms with Crippen molar-refractivity contribution in [2.24, 2.45) is 23.7 Å². The van der Waals surface area contributed by atoms with Gasteiger partial charge in [-0.2, -0.15) is 0 Å². The Bertz CT molecular complexity index is 726. The Morgan fingerprint density at radius 3 is 2.61 bits per heavy atom. The first-order valence-electron chi connectivity index (χ1n) is 8.46. The van der Waals surface area contributed by atoms with Gasteiger partial charge < -0.3 is 14.4 Å². The van der Waals surface area contributed by atoms with Gasteiger partial charge in [0.25, 0.3) is 0 Å². The van der Waals surface area contributed by atoms with Crippen molar-refractivity contribution in [3.63, 3.8) is 0 Å². The van der Waals surface area contributed by atoms with E-state index in [0.717, 1.165) is 30.9 Å². The lowest BCUT2D eigenvalue weighted by molar-refractivity contribution is -0.133. The monoisotopic (exact) mass is 311 g/mol. The third kappa shape index (κ3) is 1.59. The van der Waals surface area contributed by atoms with Gasteiger partial charge in [0.1, 0.15) is 0 Å². The SMILES string of the molecule is COc1cc2c(cc1OC)[C@@H]1[C@H]3[C@@H](C(=O)N1CC2)[C@H]1C=C[C@@H]3C1. The summed E-state index contributed by atoms with van der Waals surface area (Å²) in [4.78, 5) is 15.1. The number of nitrogens with zero attached hydrogens (tertiary/aromatic N) is 1. The second kappa shape index (κ2) is 4.53. The first-order chi connectivity index (χ1) is 11.2. The molecule has 2 aliphatic heterocycles. The van der Waals surface area contributed by atoms with Crippen LogP contribution < -0.4 is 9.47 Å². The van der Waals surface area contributed by atoms with Crippen molar-refractivity contribution in [3.8, 4) is 11.5 Å².